The van der Waals surface area contributed by atoms with E-state index in [2.05, 4.69) is 19.9 Å². The van der Waals surface area contributed by atoms with Gasteiger partial charge in [0.25, 0.3) is 0 Å². The molecule has 0 atom stereocenters. The highest BCUT2D eigenvalue weighted by Crippen LogP contribution is 2.38. The lowest BCUT2D eigenvalue weighted by molar-refractivity contribution is 1.33. The normalized spacial score (nSPS) is 11.2. The lowest BCUT2D eigenvalue weighted by Gasteiger charge is -2.08. The Morgan fingerprint density at radius 2 is 0.565 bits per heavy atom. The monoisotopic (exact) mass is 712 g/mol. The summed E-state index contributed by atoms with van der Waals surface area (Å²) in [5.74, 6) is 0. The van der Waals surface area contributed by atoms with Gasteiger partial charge in [0.15, 0.2) is 0 Å². The first-order valence-electron chi connectivity index (χ1n) is 13.9. The van der Waals surface area contributed by atoms with Crippen LogP contribution in [-0.2, 0) is 0 Å². The van der Waals surface area contributed by atoms with Gasteiger partial charge in [0.05, 0.1) is 22.1 Å². The summed E-state index contributed by atoms with van der Waals surface area (Å²) in [5.41, 5.74) is 3.57. The van der Waals surface area contributed by atoms with Gasteiger partial charge < -0.3 is 0 Å². The largest absolute Gasteiger partial charge is 0.256 e. The number of nitrogens with zero attached hydrogens (tertiary/aromatic N) is 4. The predicted molar refractivity (Wildman–Crippen MR) is 195 cm³/mol. The summed E-state index contributed by atoms with van der Waals surface area (Å²) >= 11 is 27.6. The third kappa shape index (κ3) is 6.74. The van der Waals surface area contributed by atoms with Gasteiger partial charge in [-0.25, -0.2) is 0 Å². The zero-order valence-corrected chi connectivity index (χ0v) is 28.3. The van der Waals surface area contributed by atoms with Gasteiger partial charge >= 0.3 is 0 Å². The molecule has 0 fully saturated rings. The summed E-state index contributed by atoms with van der Waals surface area (Å²) in [4.78, 5) is 22.1. The van der Waals surface area contributed by atoms with E-state index in [0.29, 0.717) is 20.1 Å². The number of benzene rings is 4. The van der Waals surface area contributed by atoms with Crippen molar-refractivity contribution in [2.24, 2.45) is 0 Å². The molecular weight excluding hydrogens is 694 g/mol. The van der Waals surface area contributed by atoms with E-state index in [1.54, 1.807) is 48.3 Å². The lowest BCUT2D eigenvalue weighted by atomic mass is 10.2. The molecule has 10 heteroatoms. The number of aromatic nitrogens is 4. The molecule has 0 aliphatic heterocycles. The Morgan fingerprint density at radius 1 is 0.326 bits per heavy atom. The Kier molecular flexibility index (Phi) is 9.18. The second-order valence-electron chi connectivity index (χ2n) is 10.1. The highest BCUT2D eigenvalue weighted by molar-refractivity contribution is 8.00. The molecule has 4 nitrogen and oxygen atoms in total. The van der Waals surface area contributed by atoms with Gasteiger partial charge in [-0.2, -0.15) is 0 Å². The van der Waals surface area contributed by atoms with Crippen molar-refractivity contribution in [1.82, 2.24) is 19.9 Å². The molecule has 4 heterocycles. The van der Waals surface area contributed by atoms with E-state index in [1.807, 2.05) is 97.1 Å². The Morgan fingerprint density at radius 3 is 0.804 bits per heavy atom. The predicted octanol–water partition coefficient (Wildman–Crippen LogP) is 12.5. The Hall–Kier alpha value is -3.62. The first-order valence-corrected chi connectivity index (χ1v) is 17.1. The molecule has 0 saturated carbocycles. The maximum Gasteiger partial charge on any atom is 0.0728 e. The molecule has 0 aliphatic carbocycles. The Labute approximate surface area is 293 Å². The average molecular weight is 715 g/mol. The van der Waals surface area contributed by atoms with Crippen molar-refractivity contribution in [1.29, 1.82) is 0 Å². The summed E-state index contributed by atoms with van der Waals surface area (Å²) in [7, 11) is 0. The third-order valence-corrected chi connectivity index (χ3v) is 10.3. The molecule has 0 N–H and O–H groups in total. The molecular formula is C36H20Cl4N4S2. The van der Waals surface area contributed by atoms with Gasteiger partial charge in [-0.1, -0.05) is 94.2 Å². The zero-order valence-electron chi connectivity index (χ0n) is 23.7. The van der Waals surface area contributed by atoms with Crippen LogP contribution in [0.2, 0.25) is 20.1 Å². The number of halogens is 4. The summed E-state index contributed by atoms with van der Waals surface area (Å²) in [5, 5.41) is 7.10. The van der Waals surface area contributed by atoms with Crippen LogP contribution in [0.25, 0.3) is 43.6 Å². The molecule has 0 aliphatic rings. The number of pyridine rings is 4. The van der Waals surface area contributed by atoms with Crippen LogP contribution < -0.4 is 0 Å². The molecule has 4 aromatic heterocycles. The van der Waals surface area contributed by atoms with Gasteiger partial charge in [-0.05, 0) is 72.8 Å². The zero-order chi connectivity index (χ0) is 31.6. The van der Waals surface area contributed by atoms with Crippen LogP contribution >= 0.6 is 69.9 Å². The van der Waals surface area contributed by atoms with Gasteiger partial charge in [0.1, 0.15) is 0 Å². The molecule has 0 spiro atoms. The fourth-order valence-corrected chi connectivity index (χ4v) is 7.76. The van der Waals surface area contributed by atoms with E-state index >= 15 is 0 Å². The maximum atomic E-state index is 6.06. The second kappa shape index (κ2) is 13.6. The van der Waals surface area contributed by atoms with Crippen LogP contribution in [0.3, 0.4) is 0 Å². The topological polar surface area (TPSA) is 51.6 Å². The van der Waals surface area contributed by atoms with Crippen molar-refractivity contribution in [2.75, 3.05) is 0 Å². The highest BCUT2D eigenvalue weighted by atomic mass is 35.5. The van der Waals surface area contributed by atoms with Crippen molar-refractivity contribution in [3.8, 4) is 0 Å². The first kappa shape index (κ1) is 31.0. The molecule has 0 amide bonds. The second-order valence-corrected chi connectivity index (χ2v) is 14.0. The van der Waals surface area contributed by atoms with Gasteiger partial charge in [0.2, 0.25) is 0 Å². The van der Waals surface area contributed by atoms with Crippen LogP contribution in [0.15, 0.2) is 141 Å². The van der Waals surface area contributed by atoms with Gasteiger partial charge in [-0.3, -0.25) is 19.9 Å². The Balaban J connectivity index is 0.000000147. The van der Waals surface area contributed by atoms with Gasteiger partial charge in [0, 0.05) is 86.0 Å². The van der Waals surface area contributed by atoms with Crippen molar-refractivity contribution < 1.29 is 0 Å². The highest BCUT2D eigenvalue weighted by Gasteiger charge is 2.10. The first-order chi connectivity index (χ1) is 22.4. The maximum absolute atomic E-state index is 6.06. The fourth-order valence-electron chi connectivity index (χ4n) is 4.97. The molecule has 8 rings (SSSR count). The molecule has 0 saturated heterocycles. The van der Waals surface area contributed by atoms with E-state index in [1.165, 1.54) is 0 Å². The van der Waals surface area contributed by atoms with Crippen LogP contribution in [0, 0.1) is 0 Å². The van der Waals surface area contributed by atoms with Crippen molar-refractivity contribution in [3.63, 3.8) is 0 Å². The minimum Gasteiger partial charge on any atom is -0.256 e. The van der Waals surface area contributed by atoms with E-state index < -0.39 is 0 Å². The van der Waals surface area contributed by atoms with E-state index in [-0.39, 0.29) is 0 Å². The van der Waals surface area contributed by atoms with Crippen molar-refractivity contribution in [3.05, 3.63) is 142 Å². The van der Waals surface area contributed by atoms with Crippen LogP contribution in [0.1, 0.15) is 0 Å². The van der Waals surface area contributed by atoms with Crippen molar-refractivity contribution in [2.45, 2.75) is 19.6 Å². The number of hydrogen-bond acceptors (Lipinski definition) is 6. The summed E-state index contributed by atoms with van der Waals surface area (Å²) in [6.07, 6.45) is 7.23. The molecule has 224 valence electrons. The molecule has 0 radical (unpaired) electrons. The summed E-state index contributed by atoms with van der Waals surface area (Å²) in [6.45, 7) is 0. The van der Waals surface area contributed by atoms with Crippen molar-refractivity contribution >= 4 is 114 Å². The average Bonchev–Trinajstić information content (AvgIpc) is 3.05. The van der Waals surface area contributed by atoms with Crippen LogP contribution in [0.5, 0.6) is 0 Å². The summed E-state index contributed by atoms with van der Waals surface area (Å²) < 4.78 is 0. The molecule has 8 aromatic rings. The molecule has 0 unspecified atom stereocenters. The van der Waals surface area contributed by atoms with E-state index in [0.717, 1.165) is 63.2 Å². The fraction of sp³-hybridized carbons (Fsp3) is 0. The minimum atomic E-state index is 0.691. The molecule has 4 aromatic carbocycles. The van der Waals surface area contributed by atoms with Gasteiger partial charge in [-0.15, -0.1) is 0 Å². The smallest absolute Gasteiger partial charge is 0.0728 e. The third-order valence-electron chi connectivity index (χ3n) is 7.10. The molecule has 46 heavy (non-hydrogen) atoms. The number of rotatable bonds is 4. The SMILES string of the molecule is Clc1ccc2c(Sc3ccnc4cc(Cl)ccc34)ccnc2c1.Clc1ccc2c(Sc3ccnc4cc(Cl)ccc34)ccnc2c1. The number of hydrogen-bond donors (Lipinski definition) is 0. The quantitative estimate of drug-likeness (QED) is 0.181. The standard InChI is InChI=1S/2C18H10Cl2N2S/c2*19-11-1-3-13-15(9-11)21-7-5-17(13)23-18-6-8-22-16-10-12(20)2-4-14(16)18/h2*1-10H. The Bertz CT molecular complexity index is 2070. The minimum absolute atomic E-state index is 0.691. The van der Waals surface area contributed by atoms with Crippen LogP contribution in [-0.4, -0.2) is 19.9 Å². The summed E-state index contributed by atoms with van der Waals surface area (Å²) in [6, 6.07) is 31.2. The van der Waals surface area contributed by atoms with E-state index in [9.17, 15) is 0 Å². The lowest BCUT2D eigenvalue weighted by Crippen LogP contribution is -1.85. The van der Waals surface area contributed by atoms with Crippen LogP contribution in [0.4, 0.5) is 0 Å². The number of fused-ring (bicyclic) bond motifs is 4. The molecule has 0 bridgehead atoms. The van der Waals surface area contributed by atoms with E-state index in [4.69, 9.17) is 46.4 Å².